The van der Waals surface area contributed by atoms with E-state index in [9.17, 15) is 12.8 Å². The number of nitrogens with one attached hydrogen (secondary N) is 1. The highest BCUT2D eigenvalue weighted by atomic mass is 79.9. The van der Waals surface area contributed by atoms with Gasteiger partial charge in [-0.05, 0) is 52.4 Å². The van der Waals surface area contributed by atoms with Crippen LogP contribution in [0.15, 0.2) is 27.6 Å². The van der Waals surface area contributed by atoms with Crippen LogP contribution in [0.1, 0.15) is 19.8 Å². The van der Waals surface area contributed by atoms with E-state index in [1.54, 1.807) is 0 Å². The van der Waals surface area contributed by atoms with Crippen molar-refractivity contribution in [3.05, 3.63) is 28.5 Å². The highest BCUT2D eigenvalue weighted by Crippen LogP contribution is 2.44. The molecule has 0 aromatic heterocycles. The topological polar surface area (TPSA) is 46.2 Å². The van der Waals surface area contributed by atoms with Gasteiger partial charge in [-0.1, -0.05) is 6.92 Å². The third-order valence-electron chi connectivity index (χ3n) is 2.99. The molecule has 0 unspecified atom stereocenters. The lowest BCUT2D eigenvalue weighted by Gasteiger charge is -2.11. The van der Waals surface area contributed by atoms with Gasteiger partial charge in [0.05, 0.1) is 9.37 Å². The average Bonchev–Trinajstić information content (AvgIpc) is 2.99. The van der Waals surface area contributed by atoms with Crippen LogP contribution in [-0.2, 0) is 10.0 Å². The molecule has 94 valence electrons. The number of benzene rings is 1. The van der Waals surface area contributed by atoms with E-state index in [1.807, 2.05) is 6.92 Å². The Balaban J connectivity index is 2.16. The number of halogens is 2. The van der Waals surface area contributed by atoms with Crippen molar-refractivity contribution in [2.24, 2.45) is 5.41 Å². The standard InChI is InChI=1S/C11H13BrFNO2S/c1-11(4-5-11)7-14-17(15,16)8-2-3-9(12)10(13)6-8/h2-3,6,14H,4-5,7H2,1H3. The Morgan fingerprint density at radius 2 is 2.12 bits per heavy atom. The molecular formula is C11H13BrFNO2S. The largest absolute Gasteiger partial charge is 0.240 e. The molecule has 1 aliphatic carbocycles. The molecule has 1 saturated carbocycles. The molecule has 1 N–H and O–H groups in total. The third-order valence-corrected chi connectivity index (χ3v) is 5.04. The summed E-state index contributed by atoms with van der Waals surface area (Å²) in [6.07, 6.45) is 2.06. The summed E-state index contributed by atoms with van der Waals surface area (Å²) < 4.78 is 39.8. The van der Waals surface area contributed by atoms with E-state index >= 15 is 0 Å². The molecule has 1 aliphatic rings. The SMILES string of the molecule is CC1(CNS(=O)(=O)c2ccc(Br)c(F)c2)CC1. The zero-order valence-electron chi connectivity index (χ0n) is 9.33. The quantitative estimate of drug-likeness (QED) is 0.926. The molecule has 3 nitrogen and oxygen atoms in total. The molecule has 1 aromatic carbocycles. The van der Waals surface area contributed by atoms with Crippen LogP contribution in [0.2, 0.25) is 0 Å². The van der Waals surface area contributed by atoms with E-state index in [-0.39, 0.29) is 14.8 Å². The van der Waals surface area contributed by atoms with Gasteiger partial charge < -0.3 is 0 Å². The molecule has 0 heterocycles. The number of sulfonamides is 1. The van der Waals surface area contributed by atoms with Crippen LogP contribution in [0.4, 0.5) is 4.39 Å². The molecule has 0 radical (unpaired) electrons. The van der Waals surface area contributed by atoms with Crippen molar-refractivity contribution in [2.45, 2.75) is 24.7 Å². The lowest BCUT2D eigenvalue weighted by atomic mass is 10.2. The number of rotatable bonds is 4. The summed E-state index contributed by atoms with van der Waals surface area (Å²) in [6.45, 7) is 2.44. The number of hydrogen-bond acceptors (Lipinski definition) is 2. The first-order valence-electron chi connectivity index (χ1n) is 5.27. The highest BCUT2D eigenvalue weighted by Gasteiger charge is 2.38. The van der Waals surface area contributed by atoms with Gasteiger partial charge in [0.2, 0.25) is 10.0 Å². The minimum absolute atomic E-state index is 0.0394. The maximum Gasteiger partial charge on any atom is 0.240 e. The Morgan fingerprint density at radius 1 is 1.47 bits per heavy atom. The molecule has 0 amide bonds. The minimum Gasteiger partial charge on any atom is -0.211 e. The minimum atomic E-state index is -3.60. The molecule has 1 aromatic rings. The molecule has 17 heavy (non-hydrogen) atoms. The van der Waals surface area contributed by atoms with Gasteiger partial charge in [-0.3, -0.25) is 0 Å². The fraction of sp³-hybridized carbons (Fsp3) is 0.455. The first-order chi connectivity index (χ1) is 7.82. The number of hydrogen-bond donors (Lipinski definition) is 1. The molecular weight excluding hydrogens is 309 g/mol. The van der Waals surface area contributed by atoms with Crippen LogP contribution >= 0.6 is 15.9 Å². The van der Waals surface area contributed by atoms with Gasteiger partial charge in [-0.15, -0.1) is 0 Å². The summed E-state index contributed by atoms with van der Waals surface area (Å²) >= 11 is 2.99. The third kappa shape index (κ3) is 3.05. The lowest BCUT2D eigenvalue weighted by molar-refractivity contribution is 0.529. The smallest absolute Gasteiger partial charge is 0.211 e. The van der Waals surface area contributed by atoms with Gasteiger partial charge in [0.15, 0.2) is 0 Å². The maximum atomic E-state index is 13.3. The Kier molecular flexibility index (Phi) is 3.31. The molecule has 0 bridgehead atoms. The monoisotopic (exact) mass is 321 g/mol. The van der Waals surface area contributed by atoms with Crippen molar-refractivity contribution in [1.29, 1.82) is 0 Å². The van der Waals surface area contributed by atoms with E-state index in [0.29, 0.717) is 6.54 Å². The summed E-state index contributed by atoms with van der Waals surface area (Å²) in [4.78, 5) is -0.0394. The fourth-order valence-electron chi connectivity index (χ4n) is 1.39. The van der Waals surface area contributed by atoms with Crippen molar-refractivity contribution >= 4 is 26.0 Å². The zero-order valence-corrected chi connectivity index (χ0v) is 11.7. The predicted octanol–water partition coefficient (Wildman–Crippen LogP) is 2.67. The molecule has 1 fully saturated rings. The maximum absolute atomic E-state index is 13.3. The van der Waals surface area contributed by atoms with Crippen LogP contribution in [0.5, 0.6) is 0 Å². The summed E-state index contributed by atoms with van der Waals surface area (Å²) in [5, 5.41) is 0. The van der Waals surface area contributed by atoms with Crippen LogP contribution < -0.4 is 4.72 Å². The van der Waals surface area contributed by atoms with Gasteiger partial charge in [0.1, 0.15) is 5.82 Å². The van der Waals surface area contributed by atoms with E-state index in [4.69, 9.17) is 0 Å². The molecule has 2 rings (SSSR count). The normalized spacial score (nSPS) is 18.1. The second-order valence-corrected chi connectivity index (χ2v) is 7.33. The van der Waals surface area contributed by atoms with Gasteiger partial charge in [0, 0.05) is 6.54 Å². The van der Waals surface area contributed by atoms with Crippen molar-refractivity contribution in [1.82, 2.24) is 4.72 Å². The molecule has 6 heteroatoms. The van der Waals surface area contributed by atoms with Crippen LogP contribution in [0.3, 0.4) is 0 Å². The lowest BCUT2D eigenvalue weighted by Crippen LogP contribution is -2.29. The van der Waals surface area contributed by atoms with Gasteiger partial charge >= 0.3 is 0 Å². The zero-order chi connectivity index (χ0) is 12.7. The summed E-state index contributed by atoms with van der Waals surface area (Å²) in [6, 6.07) is 3.79. The molecule has 0 saturated heterocycles. The van der Waals surface area contributed by atoms with E-state index in [2.05, 4.69) is 20.7 Å². The van der Waals surface area contributed by atoms with Crippen LogP contribution in [-0.4, -0.2) is 15.0 Å². The Labute approximate surface area is 109 Å². The van der Waals surface area contributed by atoms with Gasteiger partial charge in [-0.2, -0.15) is 0 Å². The molecule has 0 aliphatic heterocycles. The van der Waals surface area contributed by atoms with Crippen molar-refractivity contribution in [3.8, 4) is 0 Å². The first-order valence-corrected chi connectivity index (χ1v) is 7.55. The second kappa shape index (κ2) is 4.33. The molecule has 0 atom stereocenters. The van der Waals surface area contributed by atoms with E-state index < -0.39 is 15.8 Å². The highest BCUT2D eigenvalue weighted by molar-refractivity contribution is 9.10. The molecule has 0 spiro atoms. The summed E-state index contributed by atoms with van der Waals surface area (Å²) in [5.74, 6) is -0.578. The predicted molar refractivity (Wildman–Crippen MR) is 66.6 cm³/mol. The Hall–Kier alpha value is -0.460. The average molecular weight is 322 g/mol. The summed E-state index contributed by atoms with van der Waals surface area (Å²) in [5.41, 5.74) is 0.0843. The van der Waals surface area contributed by atoms with Gasteiger partial charge in [-0.25, -0.2) is 17.5 Å². The summed E-state index contributed by atoms with van der Waals surface area (Å²) in [7, 11) is -3.60. The van der Waals surface area contributed by atoms with Crippen molar-refractivity contribution in [2.75, 3.05) is 6.54 Å². The Bertz CT molecular complexity index is 540. The van der Waals surface area contributed by atoms with Crippen molar-refractivity contribution < 1.29 is 12.8 Å². The van der Waals surface area contributed by atoms with E-state index in [1.165, 1.54) is 12.1 Å². The van der Waals surface area contributed by atoms with Gasteiger partial charge in [0.25, 0.3) is 0 Å². The fourth-order valence-corrected chi connectivity index (χ4v) is 2.84. The first kappa shape index (κ1) is 13.0. The van der Waals surface area contributed by atoms with Crippen molar-refractivity contribution in [3.63, 3.8) is 0 Å². The van der Waals surface area contributed by atoms with Crippen LogP contribution in [0.25, 0.3) is 0 Å². The Morgan fingerprint density at radius 3 is 2.65 bits per heavy atom. The second-order valence-electron chi connectivity index (χ2n) is 4.71. The van der Waals surface area contributed by atoms with Crippen LogP contribution in [0, 0.1) is 11.2 Å². The van der Waals surface area contributed by atoms with E-state index in [0.717, 1.165) is 18.9 Å².